The Hall–Kier alpha value is -4.72. The van der Waals surface area contributed by atoms with Gasteiger partial charge in [0.15, 0.2) is 5.82 Å². The predicted molar refractivity (Wildman–Crippen MR) is 139 cm³/mol. The molecule has 6 rings (SSSR count). The van der Waals surface area contributed by atoms with Crippen molar-refractivity contribution in [3.8, 4) is 11.5 Å². The highest BCUT2D eigenvalue weighted by molar-refractivity contribution is 6.19. The van der Waals surface area contributed by atoms with Crippen molar-refractivity contribution < 1.29 is 27.1 Å². The number of benzene rings is 2. The van der Waals surface area contributed by atoms with Gasteiger partial charge in [-0.2, -0.15) is 18.3 Å². The van der Waals surface area contributed by atoms with Gasteiger partial charge in [-0.15, -0.1) is 5.10 Å². The van der Waals surface area contributed by atoms with Crippen LogP contribution in [0.2, 0.25) is 0 Å². The van der Waals surface area contributed by atoms with Gasteiger partial charge in [0, 0.05) is 30.4 Å². The van der Waals surface area contributed by atoms with Crippen molar-refractivity contribution >= 4 is 29.1 Å². The lowest BCUT2D eigenvalue weighted by Crippen LogP contribution is -2.37. The summed E-state index contributed by atoms with van der Waals surface area (Å²) in [6.45, 7) is 0.416. The molecule has 0 spiro atoms. The van der Waals surface area contributed by atoms with Gasteiger partial charge in [0.25, 0.3) is 11.8 Å². The average Bonchev–Trinajstić information content (AvgIpc) is 3.55. The van der Waals surface area contributed by atoms with E-state index in [1.54, 1.807) is 11.0 Å². The molecule has 1 fully saturated rings. The fourth-order valence-electron chi connectivity index (χ4n) is 4.52. The Labute approximate surface area is 225 Å². The number of fused-ring (bicyclic) bond motifs is 1. The van der Waals surface area contributed by atoms with E-state index in [0.717, 1.165) is 15.8 Å². The molecule has 206 valence electrons. The second-order valence-electron chi connectivity index (χ2n) is 9.12. The van der Waals surface area contributed by atoms with Crippen LogP contribution in [0, 0.1) is 0 Å². The summed E-state index contributed by atoms with van der Waals surface area (Å²) < 4.78 is 51.3. The molecule has 1 atom stereocenters. The number of halogens is 3. The molecule has 14 heteroatoms. The van der Waals surface area contributed by atoms with E-state index in [-0.39, 0.29) is 23.3 Å². The van der Waals surface area contributed by atoms with E-state index in [1.807, 2.05) is 48.5 Å². The van der Waals surface area contributed by atoms with Crippen molar-refractivity contribution in [1.82, 2.24) is 20.0 Å². The predicted octanol–water partition coefficient (Wildman–Crippen LogP) is 3.56. The van der Waals surface area contributed by atoms with Crippen molar-refractivity contribution in [1.29, 1.82) is 0 Å². The van der Waals surface area contributed by atoms with Crippen LogP contribution in [0.25, 0.3) is 11.5 Å². The third kappa shape index (κ3) is 5.38. The zero-order valence-electron chi connectivity index (χ0n) is 20.9. The molecular weight excluding hydrogens is 529 g/mol. The molecule has 2 aromatic heterocycles. The van der Waals surface area contributed by atoms with E-state index in [1.165, 1.54) is 6.20 Å². The van der Waals surface area contributed by atoms with Gasteiger partial charge in [0.05, 0.1) is 24.6 Å². The molecule has 4 heterocycles. The molecule has 2 N–H and O–H groups in total. The van der Waals surface area contributed by atoms with Crippen molar-refractivity contribution in [2.45, 2.75) is 18.9 Å². The highest BCUT2D eigenvalue weighted by Gasteiger charge is 2.32. The van der Waals surface area contributed by atoms with Crippen LogP contribution < -0.4 is 15.5 Å². The Morgan fingerprint density at radius 3 is 2.52 bits per heavy atom. The Balaban J connectivity index is 1.32. The van der Waals surface area contributed by atoms with E-state index in [0.29, 0.717) is 37.7 Å². The summed E-state index contributed by atoms with van der Waals surface area (Å²) in [4.78, 5) is 19.6. The van der Waals surface area contributed by atoms with Crippen molar-refractivity contribution in [3.63, 3.8) is 0 Å². The first-order valence-corrected chi connectivity index (χ1v) is 12.4. The summed E-state index contributed by atoms with van der Waals surface area (Å²) in [7, 11) is 0. The molecule has 0 radical (unpaired) electrons. The second kappa shape index (κ2) is 10.4. The fraction of sp³-hybridized carbons (Fsp3) is 0.269. The van der Waals surface area contributed by atoms with Gasteiger partial charge in [-0.25, -0.2) is 4.99 Å². The average molecular weight is 553 g/mol. The van der Waals surface area contributed by atoms with Crippen LogP contribution in [0.1, 0.15) is 11.1 Å². The van der Waals surface area contributed by atoms with Crippen LogP contribution >= 0.6 is 0 Å². The number of hydrogen-bond donors (Lipinski definition) is 2. The highest BCUT2D eigenvalue weighted by Crippen LogP contribution is 2.32. The lowest BCUT2D eigenvalue weighted by molar-refractivity contribution is -0.142. The second-order valence-corrected chi connectivity index (χ2v) is 9.12. The van der Waals surface area contributed by atoms with Crippen molar-refractivity contribution in [3.05, 3.63) is 71.9 Å². The Bertz CT molecular complexity index is 1540. The normalized spacial score (nSPS) is 17.6. The topological polar surface area (TPSA) is 123 Å². The van der Waals surface area contributed by atoms with Crippen LogP contribution in [-0.4, -0.2) is 70.2 Å². The summed E-state index contributed by atoms with van der Waals surface area (Å²) in [5.41, 5.74) is 2.95. The van der Waals surface area contributed by atoms with E-state index < -0.39 is 24.8 Å². The fourth-order valence-corrected chi connectivity index (χ4v) is 4.52. The SMILES string of the molecule is O=C1Nc2ccccc2C(c2ccccc2)=N[C@@H]1Nc1nnc(-c2cn(CC(F)(F)F)nc2N2CCOCC2)o1. The third-order valence-corrected chi connectivity index (χ3v) is 6.30. The largest absolute Gasteiger partial charge is 0.408 e. The number of amides is 1. The number of carbonyl (C=O) groups excluding carboxylic acids is 1. The lowest BCUT2D eigenvalue weighted by atomic mass is 10.0. The van der Waals surface area contributed by atoms with E-state index in [9.17, 15) is 18.0 Å². The van der Waals surface area contributed by atoms with E-state index in [4.69, 9.17) is 9.15 Å². The standard InChI is InChI=1S/C26H23F3N8O3/c27-26(28,29)15-37-14-18(22(35-37)36-10-12-39-13-11-36)24-33-34-25(40-24)32-21-23(38)30-19-9-5-4-8-17(19)20(31-21)16-6-2-1-3-7-16/h1-9,14,21H,10-13,15H2,(H,30,38)(H,32,34)/t21-/m1/s1. The molecule has 2 aliphatic rings. The monoisotopic (exact) mass is 552 g/mol. The number of hydrogen-bond acceptors (Lipinski definition) is 9. The molecular formula is C26H23F3N8O3. The summed E-state index contributed by atoms with van der Waals surface area (Å²) in [5.74, 6) is -0.234. The van der Waals surface area contributed by atoms with Crippen LogP contribution in [0.3, 0.4) is 0 Å². The number of nitrogens with one attached hydrogen (secondary N) is 2. The maximum Gasteiger partial charge on any atom is 0.408 e. The van der Waals surface area contributed by atoms with Gasteiger partial charge >= 0.3 is 12.2 Å². The van der Waals surface area contributed by atoms with Gasteiger partial charge in [-0.05, 0) is 6.07 Å². The number of morpholine rings is 1. The number of alkyl halides is 3. The third-order valence-electron chi connectivity index (χ3n) is 6.30. The molecule has 2 aliphatic heterocycles. The van der Waals surface area contributed by atoms with Gasteiger partial charge in [-0.3, -0.25) is 9.48 Å². The van der Waals surface area contributed by atoms with Gasteiger partial charge in [0.2, 0.25) is 6.17 Å². The number of ether oxygens (including phenoxy) is 1. The summed E-state index contributed by atoms with van der Waals surface area (Å²) in [5, 5.41) is 17.9. The number of aromatic nitrogens is 4. The van der Waals surface area contributed by atoms with Gasteiger partial charge < -0.3 is 24.7 Å². The maximum absolute atomic E-state index is 13.1. The van der Waals surface area contributed by atoms with Gasteiger partial charge in [-0.1, -0.05) is 53.6 Å². The zero-order valence-corrected chi connectivity index (χ0v) is 20.9. The number of para-hydroxylation sites is 1. The first-order chi connectivity index (χ1) is 19.3. The molecule has 0 aliphatic carbocycles. The molecule has 0 bridgehead atoms. The van der Waals surface area contributed by atoms with Crippen molar-refractivity contribution in [2.75, 3.05) is 41.8 Å². The number of nitrogens with zero attached hydrogens (tertiary/aromatic N) is 6. The molecule has 0 saturated carbocycles. The molecule has 1 saturated heterocycles. The van der Waals surface area contributed by atoms with E-state index >= 15 is 0 Å². The first kappa shape index (κ1) is 25.6. The number of carbonyl (C=O) groups is 1. The van der Waals surface area contributed by atoms with E-state index in [2.05, 4.69) is 30.9 Å². The Morgan fingerprint density at radius 1 is 1.00 bits per heavy atom. The Morgan fingerprint density at radius 2 is 1.75 bits per heavy atom. The molecule has 1 amide bonds. The minimum Gasteiger partial charge on any atom is -0.403 e. The Kier molecular flexibility index (Phi) is 6.67. The lowest BCUT2D eigenvalue weighted by Gasteiger charge is -2.27. The number of rotatable bonds is 6. The minimum atomic E-state index is -4.47. The maximum atomic E-state index is 13.1. The summed E-state index contributed by atoms with van der Waals surface area (Å²) in [6.07, 6.45) is -4.38. The van der Waals surface area contributed by atoms with Crippen LogP contribution in [0.4, 0.5) is 30.7 Å². The molecule has 40 heavy (non-hydrogen) atoms. The number of benzodiazepines with no additional fused rings is 1. The molecule has 2 aromatic carbocycles. The quantitative estimate of drug-likeness (QED) is 0.372. The van der Waals surface area contributed by atoms with Gasteiger partial charge in [0.1, 0.15) is 12.1 Å². The number of anilines is 3. The highest BCUT2D eigenvalue weighted by atomic mass is 19.4. The van der Waals surface area contributed by atoms with Crippen molar-refractivity contribution in [2.24, 2.45) is 4.99 Å². The first-order valence-electron chi connectivity index (χ1n) is 12.4. The van der Waals surface area contributed by atoms with Crippen LogP contribution in [0.15, 0.2) is 70.2 Å². The smallest absolute Gasteiger partial charge is 0.403 e. The molecule has 0 unspecified atom stereocenters. The van der Waals surface area contributed by atoms with Crippen LogP contribution in [0.5, 0.6) is 0 Å². The molecule has 4 aromatic rings. The molecule has 11 nitrogen and oxygen atoms in total. The summed E-state index contributed by atoms with van der Waals surface area (Å²) in [6, 6.07) is 16.6. The minimum absolute atomic E-state index is 0.0537. The zero-order chi connectivity index (χ0) is 27.7. The number of aliphatic imine (C=N–C) groups is 1. The van der Waals surface area contributed by atoms with Crippen LogP contribution in [-0.2, 0) is 16.1 Å². The summed E-state index contributed by atoms with van der Waals surface area (Å²) >= 11 is 0.